The summed E-state index contributed by atoms with van der Waals surface area (Å²) in [5, 5.41) is 7.16. The summed E-state index contributed by atoms with van der Waals surface area (Å²) in [7, 11) is 0. The maximum absolute atomic E-state index is 12.6. The topological polar surface area (TPSA) is 74.0 Å². The fourth-order valence-corrected chi connectivity index (χ4v) is 2.84. The van der Waals surface area contributed by atoms with E-state index in [2.05, 4.69) is 22.5 Å². The summed E-state index contributed by atoms with van der Waals surface area (Å²) in [4.78, 5) is 27.1. The summed E-state index contributed by atoms with van der Waals surface area (Å²) in [6.45, 7) is 3.85. The van der Waals surface area contributed by atoms with Crippen LogP contribution in [0.3, 0.4) is 0 Å². The summed E-state index contributed by atoms with van der Waals surface area (Å²) in [5.74, 6) is -0.179. The summed E-state index contributed by atoms with van der Waals surface area (Å²) in [6, 6.07) is 8.74. The summed E-state index contributed by atoms with van der Waals surface area (Å²) in [6.07, 6.45) is 1.78. The molecule has 2 heterocycles. The van der Waals surface area contributed by atoms with Crippen molar-refractivity contribution in [3.05, 3.63) is 46.2 Å². The fraction of sp³-hybridized carbons (Fsp3) is 0.375. The largest absolute Gasteiger partial charge is 0.347 e. The van der Waals surface area contributed by atoms with Crippen LogP contribution in [0.2, 0.25) is 0 Å². The Balaban J connectivity index is 0.00000176. The lowest BCUT2D eigenvalue weighted by atomic mass is 9.90. The van der Waals surface area contributed by atoms with Crippen molar-refractivity contribution < 1.29 is 4.79 Å². The Bertz CT molecular complexity index is 735. The molecule has 0 saturated carbocycles. The van der Waals surface area contributed by atoms with Crippen LogP contribution in [0.15, 0.2) is 35.1 Å². The number of rotatable bonds is 2. The average molecular weight is 322 g/mol. The first-order valence-corrected chi connectivity index (χ1v) is 7.23. The number of fused-ring (bicyclic) bond motifs is 1. The third-order valence-electron chi connectivity index (χ3n) is 4.12. The van der Waals surface area contributed by atoms with Gasteiger partial charge in [0.15, 0.2) is 0 Å². The minimum Gasteiger partial charge on any atom is -0.347 e. The number of piperidine rings is 1. The quantitative estimate of drug-likeness (QED) is 0.790. The number of aromatic nitrogens is 1. The zero-order valence-electron chi connectivity index (χ0n) is 12.4. The first-order valence-electron chi connectivity index (χ1n) is 7.23. The molecule has 1 fully saturated rings. The number of carbonyl (C=O) groups excluding carboxylic acids is 1. The van der Waals surface area contributed by atoms with E-state index < -0.39 is 0 Å². The molecule has 0 aliphatic carbocycles. The van der Waals surface area contributed by atoms with E-state index in [4.69, 9.17) is 0 Å². The van der Waals surface area contributed by atoms with Gasteiger partial charge in [-0.1, -0.05) is 18.2 Å². The first kappa shape index (κ1) is 16.5. The van der Waals surface area contributed by atoms with Crippen molar-refractivity contribution in [2.24, 2.45) is 0 Å². The summed E-state index contributed by atoms with van der Waals surface area (Å²) in [5.41, 5.74) is 0.653. The molecule has 1 aliphatic rings. The molecule has 0 spiro atoms. The molecule has 22 heavy (non-hydrogen) atoms. The highest BCUT2D eigenvalue weighted by molar-refractivity contribution is 6.06. The molecule has 1 aliphatic heterocycles. The van der Waals surface area contributed by atoms with Crippen molar-refractivity contribution in [1.29, 1.82) is 0 Å². The minimum absolute atomic E-state index is 0. The summed E-state index contributed by atoms with van der Waals surface area (Å²) >= 11 is 0. The molecule has 5 nitrogen and oxygen atoms in total. The van der Waals surface area contributed by atoms with Crippen LogP contribution >= 0.6 is 12.4 Å². The van der Waals surface area contributed by atoms with Gasteiger partial charge in [-0.25, -0.2) is 0 Å². The van der Waals surface area contributed by atoms with Gasteiger partial charge in [0.1, 0.15) is 0 Å². The van der Waals surface area contributed by atoms with Gasteiger partial charge in [-0.3, -0.25) is 9.59 Å². The van der Waals surface area contributed by atoms with E-state index in [1.54, 1.807) is 6.07 Å². The van der Waals surface area contributed by atoms with Gasteiger partial charge in [-0.15, -0.1) is 12.4 Å². The second-order valence-corrected chi connectivity index (χ2v) is 5.86. The third-order valence-corrected chi connectivity index (χ3v) is 4.12. The number of aromatic amines is 1. The van der Waals surface area contributed by atoms with Gasteiger partial charge in [0, 0.05) is 22.5 Å². The number of nitrogens with one attached hydrogen (secondary N) is 3. The number of amides is 1. The first-order chi connectivity index (χ1) is 10.1. The van der Waals surface area contributed by atoms with Crippen LogP contribution in [-0.2, 0) is 0 Å². The highest BCUT2D eigenvalue weighted by Gasteiger charge is 2.29. The van der Waals surface area contributed by atoms with E-state index in [9.17, 15) is 9.59 Å². The van der Waals surface area contributed by atoms with Gasteiger partial charge in [0.05, 0.1) is 5.56 Å². The highest BCUT2D eigenvalue weighted by atomic mass is 35.5. The van der Waals surface area contributed by atoms with E-state index in [-0.39, 0.29) is 29.4 Å². The monoisotopic (exact) mass is 321 g/mol. The van der Waals surface area contributed by atoms with Crippen molar-refractivity contribution >= 4 is 29.2 Å². The van der Waals surface area contributed by atoms with Crippen molar-refractivity contribution in [2.45, 2.75) is 25.3 Å². The average Bonchev–Trinajstić information content (AvgIpc) is 2.46. The maximum Gasteiger partial charge on any atom is 0.252 e. The van der Waals surface area contributed by atoms with Crippen LogP contribution in [-0.4, -0.2) is 29.5 Å². The number of carbonyl (C=O) groups is 1. The SMILES string of the molecule is CC1(NC(=O)c2cc(=O)[nH]c3ccccc23)CCNCC1.Cl. The number of halogens is 1. The van der Waals surface area contributed by atoms with Crippen molar-refractivity contribution in [3.8, 4) is 0 Å². The third kappa shape index (κ3) is 3.31. The standard InChI is InChI=1S/C16H19N3O2.ClH/c1-16(6-8-17-9-7-16)19-15(21)12-10-14(20)18-13-5-3-2-4-11(12)13;/h2-5,10,17H,6-9H2,1H3,(H,18,20)(H,19,21);1H. The van der Waals surface area contributed by atoms with Crippen LogP contribution in [0.4, 0.5) is 0 Å². The molecule has 1 aromatic heterocycles. The minimum atomic E-state index is -0.255. The molecule has 1 amide bonds. The highest BCUT2D eigenvalue weighted by Crippen LogP contribution is 2.20. The van der Waals surface area contributed by atoms with Gasteiger partial charge in [-0.05, 0) is 38.9 Å². The fourth-order valence-electron chi connectivity index (χ4n) is 2.84. The Kier molecular flexibility index (Phi) is 4.88. The second-order valence-electron chi connectivity index (χ2n) is 5.86. The van der Waals surface area contributed by atoms with Gasteiger partial charge in [0.2, 0.25) is 5.56 Å². The number of benzene rings is 1. The number of hydrogen-bond donors (Lipinski definition) is 3. The van der Waals surface area contributed by atoms with E-state index in [1.165, 1.54) is 6.07 Å². The van der Waals surface area contributed by atoms with Crippen LogP contribution in [0.1, 0.15) is 30.1 Å². The zero-order valence-corrected chi connectivity index (χ0v) is 13.3. The Labute approximate surface area is 134 Å². The molecule has 1 aromatic carbocycles. The number of hydrogen-bond acceptors (Lipinski definition) is 3. The van der Waals surface area contributed by atoms with Crippen LogP contribution < -0.4 is 16.2 Å². The number of pyridine rings is 1. The van der Waals surface area contributed by atoms with Crippen molar-refractivity contribution in [2.75, 3.05) is 13.1 Å². The molecule has 2 aromatic rings. The lowest BCUT2D eigenvalue weighted by molar-refractivity contribution is 0.0889. The lowest BCUT2D eigenvalue weighted by Gasteiger charge is -2.35. The van der Waals surface area contributed by atoms with Crippen molar-refractivity contribution in [3.63, 3.8) is 0 Å². The number of para-hydroxylation sites is 1. The Morgan fingerprint density at radius 3 is 2.64 bits per heavy atom. The van der Waals surface area contributed by atoms with Crippen LogP contribution in [0.5, 0.6) is 0 Å². The van der Waals surface area contributed by atoms with Gasteiger partial charge >= 0.3 is 0 Å². The van der Waals surface area contributed by atoms with Gasteiger partial charge in [-0.2, -0.15) is 0 Å². The smallest absolute Gasteiger partial charge is 0.252 e. The number of H-pyrrole nitrogens is 1. The molecule has 3 rings (SSSR count). The molecule has 0 unspecified atom stereocenters. The molecule has 0 bridgehead atoms. The lowest BCUT2D eigenvalue weighted by Crippen LogP contribution is -2.52. The predicted molar refractivity (Wildman–Crippen MR) is 89.8 cm³/mol. The van der Waals surface area contributed by atoms with E-state index in [0.29, 0.717) is 11.1 Å². The molecule has 3 N–H and O–H groups in total. The van der Waals surface area contributed by atoms with Gasteiger partial charge in [0.25, 0.3) is 5.91 Å². The molecule has 1 saturated heterocycles. The Morgan fingerprint density at radius 1 is 1.23 bits per heavy atom. The summed E-state index contributed by atoms with van der Waals surface area (Å²) < 4.78 is 0. The van der Waals surface area contributed by atoms with Gasteiger partial charge < -0.3 is 15.6 Å². The van der Waals surface area contributed by atoms with Crippen LogP contribution in [0.25, 0.3) is 10.9 Å². The van der Waals surface area contributed by atoms with E-state index in [0.717, 1.165) is 31.3 Å². The van der Waals surface area contributed by atoms with E-state index in [1.807, 2.05) is 18.2 Å². The molecule has 118 valence electrons. The Morgan fingerprint density at radius 2 is 1.91 bits per heavy atom. The van der Waals surface area contributed by atoms with E-state index >= 15 is 0 Å². The predicted octanol–water partition coefficient (Wildman–Crippen LogP) is 1.82. The Hall–Kier alpha value is -1.85. The van der Waals surface area contributed by atoms with Crippen LogP contribution in [0, 0.1) is 0 Å². The molecular formula is C16H20ClN3O2. The molecule has 0 atom stereocenters. The maximum atomic E-state index is 12.6. The molecule has 6 heteroatoms. The molecule has 0 radical (unpaired) electrons. The van der Waals surface area contributed by atoms with Crippen molar-refractivity contribution in [1.82, 2.24) is 15.6 Å². The normalized spacial score (nSPS) is 16.8. The second kappa shape index (κ2) is 6.50. The zero-order chi connectivity index (χ0) is 14.9. The molecular weight excluding hydrogens is 302 g/mol.